The van der Waals surface area contributed by atoms with E-state index in [2.05, 4.69) is 42.7 Å². The molecule has 1 aliphatic heterocycles. The van der Waals surface area contributed by atoms with E-state index in [1.807, 2.05) is 0 Å². The molecule has 6 heteroatoms. The molecule has 1 fully saturated rings. The second-order valence-corrected chi connectivity index (χ2v) is 6.46. The summed E-state index contributed by atoms with van der Waals surface area (Å²) in [5, 5.41) is 4.15. The molecule has 21 heavy (non-hydrogen) atoms. The van der Waals surface area contributed by atoms with Crippen LogP contribution in [0.2, 0.25) is 0 Å². The average molecular weight is 429 g/mol. The Labute approximate surface area is 151 Å². The summed E-state index contributed by atoms with van der Waals surface area (Å²) in [4.78, 5) is 7.10. The third-order valence-electron chi connectivity index (χ3n) is 3.37. The number of nitrogens with zero attached hydrogens (tertiary/aromatic N) is 2. The van der Waals surface area contributed by atoms with Crippen LogP contribution >= 0.6 is 35.7 Å². The number of ether oxygens (including phenoxy) is 1. The summed E-state index contributed by atoms with van der Waals surface area (Å²) < 4.78 is 5.57. The molecule has 0 spiro atoms. The fraction of sp³-hybridized carbons (Fsp3) is 0.933. The fourth-order valence-electron chi connectivity index (χ4n) is 2.15. The van der Waals surface area contributed by atoms with Crippen LogP contribution in [0.25, 0.3) is 0 Å². The van der Waals surface area contributed by atoms with E-state index in [9.17, 15) is 0 Å². The number of guanidine groups is 1. The summed E-state index contributed by atoms with van der Waals surface area (Å²) >= 11 is 2.09. The van der Waals surface area contributed by atoms with E-state index in [1.54, 1.807) is 0 Å². The minimum Gasteiger partial charge on any atom is -0.380 e. The topological polar surface area (TPSA) is 36.9 Å². The van der Waals surface area contributed by atoms with Gasteiger partial charge >= 0.3 is 0 Å². The van der Waals surface area contributed by atoms with E-state index in [-0.39, 0.29) is 24.0 Å². The largest absolute Gasteiger partial charge is 0.380 e. The standard InChI is InChI=1S/C15H31N3OS.HI/c1-4-7-10-19-11-8-17-15(16-6-3)18-9-12-20-14(5-2)13-18;/h14H,4-13H2,1-3H3,(H,16,17);1H. The van der Waals surface area contributed by atoms with Crippen molar-refractivity contribution in [3.63, 3.8) is 0 Å². The summed E-state index contributed by atoms with van der Waals surface area (Å²) in [6.45, 7) is 12.1. The molecule has 1 aliphatic rings. The first-order valence-corrected chi connectivity index (χ1v) is 9.09. The Hall–Kier alpha value is 0.310. The molecule has 1 atom stereocenters. The lowest BCUT2D eigenvalue weighted by atomic mass is 10.3. The first kappa shape index (κ1) is 21.3. The lowest BCUT2D eigenvalue weighted by Crippen LogP contribution is -2.48. The zero-order valence-corrected chi connectivity index (χ0v) is 16.9. The average Bonchev–Trinajstić information content (AvgIpc) is 2.49. The number of hydrogen-bond acceptors (Lipinski definition) is 3. The van der Waals surface area contributed by atoms with Gasteiger partial charge in [0, 0.05) is 37.2 Å². The van der Waals surface area contributed by atoms with Gasteiger partial charge in [0.25, 0.3) is 0 Å². The lowest BCUT2D eigenvalue weighted by molar-refractivity contribution is 0.138. The van der Waals surface area contributed by atoms with Crippen LogP contribution in [0.15, 0.2) is 4.99 Å². The molecule has 1 unspecified atom stereocenters. The predicted molar refractivity (Wildman–Crippen MR) is 105 cm³/mol. The van der Waals surface area contributed by atoms with Crippen molar-refractivity contribution in [1.29, 1.82) is 0 Å². The normalized spacial score (nSPS) is 19.3. The molecule has 0 aromatic heterocycles. The molecule has 0 bridgehead atoms. The Morgan fingerprint density at radius 3 is 2.81 bits per heavy atom. The van der Waals surface area contributed by atoms with Crippen molar-refractivity contribution < 1.29 is 4.74 Å². The second kappa shape index (κ2) is 13.9. The molecule has 0 amide bonds. The highest BCUT2D eigenvalue weighted by Crippen LogP contribution is 2.20. The highest BCUT2D eigenvalue weighted by atomic mass is 127. The minimum absolute atomic E-state index is 0. The highest BCUT2D eigenvalue weighted by Gasteiger charge is 2.21. The Kier molecular flexibility index (Phi) is 14.1. The van der Waals surface area contributed by atoms with Gasteiger partial charge in [0.1, 0.15) is 0 Å². The van der Waals surface area contributed by atoms with E-state index >= 15 is 0 Å². The van der Waals surface area contributed by atoms with Crippen LogP contribution < -0.4 is 5.32 Å². The molecule has 4 nitrogen and oxygen atoms in total. The Balaban J connectivity index is 0.00000400. The smallest absolute Gasteiger partial charge is 0.194 e. The van der Waals surface area contributed by atoms with Crippen LogP contribution in [0.5, 0.6) is 0 Å². The maximum atomic E-state index is 5.57. The molecule has 0 aromatic carbocycles. The molecule has 1 saturated heterocycles. The molecule has 0 aromatic rings. The molecule has 1 heterocycles. The maximum Gasteiger partial charge on any atom is 0.194 e. The number of halogens is 1. The molecule has 0 aliphatic carbocycles. The Bertz CT molecular complexity index is 280. The van der Waals surface area contributed by atoms with Gasteiger partial charge in [-0.25, -0.2) is 0 Å². The van der Waals surface area contributed by atoms with E-state index in [0.29, 0.717) is 0 Å². The van der Waals surface area contributed by atoms with E-state index < -0.39 is 0 Å². The van der Waals surface area contributed by atoms with Crippen molar-refractivity contribution in [1.82, 2.24) is 10.2 Å². The van der Waals surface area contributed by atoms with Gasteiger partial charge in [-0.3, -0.25) is 4.99 Å². The predicted octanol–water partition coefficient (Wildman–Crippen LogP) is 3.21. The van der Waals surface area contributed by atoms with E-state index in [4.69, 9.17) is 9.73 Å². The van der Waals surface area contributed by atoms with Crippen molar-refractivity contribution in [2.45, 2.75) is 45.3 Å². The molecule has 1 N–H and O–H groups in total. The summed E-state index contributed by atoms with van der Waals surface area (Å²) in [6, 6.07) is 0. The van der Waals surface area contributed by atoms with Gasteiger partial charge in [0.05, 0.1) is 13.2 Å². The molecular weight excluding hydrogens is 397 g/mol. The molecular formula is C15H32IN3OS. The maximum absolute atomic E-state index is 5.57. The van der Waals surface area contributed by atoms with Gasteiger partial charge < -0.3 is 15.0 Å². The van der Waals surface area contributed by atoms with Gasteiger partial charge in [0.2, 0.25) is 0 Å². The summed E-state index contributed by atoms with van der Waals surface area (Å²) in [6.07, 6.45) is 3.57. The van der Waals surface area contributed by atoms with Crippen molar-refractivity contribution in [3.05, 3.63) is 0 Å². The fourth-order valence-corrected chi connectivity index (χ4v) is 3.33. The van der Waals surface area contributed by atoms with Gasteiger partial charge in [-0.15, -0.1) is 24.0 Å². The number of unbranched alkanes of at least 4 members (excludes halogenated alkanes) is 1. The highest BCUT2D eigenvalue weighted by molar-refractivity contribution is 14.0. The molecule has 0 saturated carbocycles. The van der Waals surface area contributed by atoms with Crippen LogP contribution in [0.4, 0.5) is 0 Å². The first-order valence-electron chi connectivity index (χ1n) is 8.04. The zero-order valence-electron chi connectivity index (χ0n) is 13.8. The number of aliphatic imine (C=N–C) groups is 1. The van der Waals surface area contributed by atoms with Gasteiger partial charge in [-0.2, -0.15) is 11.8 Å². The quantitative estimate of drug-likeness (QED) is 0.278. The third-order valence-corrected chi connectivity index (χ3v) is 4.74. The lowest BCUT2D eigenvalue weighted by Gasteiger charge is -2.34. The van der Waals surface area contributed by atoms with Crippen molar-refractivity contribution in [2.24, 2.45) is 4.99 Å². The Morgan fingerprint density at radius 1 is 1.33 bits per heavy atom. The van der Waals surface area contributed by atoms with Gasteiger partial charge in [-0.1, -0.05) is 20.3 Å². The summed E-state index contributed by atoms with van der Waals surface area (Å²) in [5.41, 5.74) is 0. The van der Waals surface area contributed by atoms with Crippen LogP contribution in [-0.2, 0) is 4.74 Å². The van der Waals surface area contributed by atoms with Gasteiger partial charge in [0.15, 0.2) is 5.96 Å². The summed E-state index contributed by atoms with van der Waals surface area (Å²) in [7, 11) is 0. The number of hydrogen-bond donors (Lipinski definition) is 1. The van der Waals surface area contributed by atoms with Crippen LogP contribution in [0.1, 0.15) is 40.0 Å². The second-order valence-electron chi connectivity index (χ2n) is 5.05. The minimum atomic E-state index is 0. The summed E-state index contributed by atoms with van der Waals surface area (Å²) in [5.74, 6) is 2.26. The Morgan fingerprint density at radius 2 is 2.14 bits per heavy atom. The molecule has 1 rings (SSSR count). The number of nitrogens with one attached hydrogen (secondary N) is 1. The van der Waals surface area contributed by atoms with E-state index in [0.717, 1.165) is 57.0 Å². The van der Waals surface area contributed by atoms with Crippen LogP contribution in [-0.4, -0.2) is 61.3 Å². The first-order chi connectivity index (χ1) is 9.81. The van der Waals surface area contributed by atoms with Crippen molar-refractivity contribution >= 4 is 41.7 Å². The molecule has 0 radical (unpaired) electrons. The SMILES string of the molecule is CCCCOCCN=C(NCC)N1CCSC(CC)C1.I. The van der Waals surface area contributed by atoms with Crippen LogP contribution in [0.3, 0.4) is 0 Å². The van der Waals surface area contributed by atoms with Crippen molar-refractivity contribution in [3.8, 4) is 0 Å². The zero-order chi connectivity index (χ0) is 14.6. The number of thioether (sulfide) groups is 1. The van der Waals surface area contributed by atoms with E-state index in [1.165, 1.54) is 18.6 Å². The monoisotopic (exact) mass is 429 g/mol. The van der Waals surface area contributed by atoms with Crippen LogP contribution in [0, 0.1) is 0 Å². The van der Waals surface area contributed by atoms with Crippen molar-refractivity contribution in [2.75, 3.05) is 45.1 Å². The van der Waals surface area contributed by atoms with Gasteiger partial charge in [-0.05, 0) is 19.8 Å². The molecule has 126 valence electrons. The third kappa shape index (κ3) is 9.13. The number of rotatable bonds is 8.